The number of urea groups is 1. The highest BCUT2D eigenvalue weighted by molar-refractivity contribution is 5.86. The molecule has 108 valence electrons. The highest BCUT2D eigenvalue weighted by Crippen LogP contribution is 2.39. The predicted molar refractivity (Wildman–Crippen MR) is 68.9 cm³/mol. The smallest absolute Gasteiger partial charge is 0.329 e. The first-order valence-electron chi connectivity index (χ1n) is 6.79. The maximum atomic E-state index is 12.2. The van der Waals surface area contributed by atoms with E-state index in [-0.39, 0.29) is 24.2 Å². The lowest BCUT2D eigenvalue weighted by molar-refractivity contribution is -0.144. The van der Waals surface area contributed by atoms with Crippen LogP contribution in [0.3, 0.4) is 0 Å². The number of carboxylic acids is 1. The molecular formula is C13H22N2O4. The number of carbonyl (C=O) groups excluding carboxylic acids is 1. The van der Waals surface area contributed by atoms with Crippen molar-refractivity contribution in [1.82, 2.24) is 10.2 Å². The summed E-state index contributed by atoms with van der Waals surface area (Å²) in [6, 6.07) is -0.307. The molecule has 1 aliphatic heterocycles. The number of carboxylic acid groups (broad SMARTS) is 1. The molecule has 0 bridgehead atoms. The zero-order chi connectivity index (χ0) is 14.2. The summed E-state index contributed by atoms with van der Waals surface area (Å²) >= 11 is 0. The number of ether oxygens (including phenoxy) is 1. The van der Waals surface area contributed by atoms with Gasteiger partial charge in [-0.15, -0.1) is 0 Å². The third kappa shape index (κ3) is 3.00. The number of amides is 2. The van der Waals surface area contributed by atoms with Crippen LogP contribution in [0.15, 0.2) is 0 Å². The van der Waals surface area contributed by atoms with Crippen LogP contribution >= 0.6 is 0 Å². The van der Waals surface area contributed by atoms with Gasteiger partial charge in [0.05, 0.1) is 12.2 Å². The summed E-state index contributed by atoms with van der Waals surface area (Å²) in [7, 11) is 0. The first-order valence-corrected chi connectivity index (χ1v) is 6.79. The van der Waals surface area contributed by atoms with E-state index in [0.717, 1.165) is 12.8 Å². The quantitative estimate of drug-likeness (QED) is 0.803. The van der Waals surface area contributed by atoms with E-state index in [4.69, 9.17) is 4.74 Å². The van der Waals surface area contributed by atoms with Crippen molar-refractivity contribution in [2.75, 3.05) is 13.1 Å². The molecular weight excluding hydrogens is 248 g/mol. The van der Waals surface area contributed by atoms with E-state index in [0.29, 0.717) is 13.1 Å². The first kappa shape index (κ1) is 14.1. The Balaban J connectivity index is 2.01. The van der Waals surface area contributed by atoms with Crippen LogP contribution in [0.1, 0.15) is 33.6 Å². The highest BCUT2D eigenvalue weighted by Gasteiger charge is 2.49. The van der Waals surface area contributed by atoms with Crippen LogP contribution in [-0.4, -0.2) is 52.8 Å². The van der Waals surface area contributed by atoms with Crippen LogP contribution in [0.4, 0.5) is 4.79 Å². The molecule has 1 aliphatic carbocycles. The van der Waals surface area contributed by atoms with E-state index in [9.17, 15) is 14.7 Å². The lowest BCUT2D eigenvalue weighted by Gasteiger charge is -2.37. The fourth-order valence-corrected chi connectivity index (χ4v) is 2.64. The summed E-state index contributed by atoms with van der Waals surface area (Å²) in [5.41, 5.74) is -1.15. The largest absolute Gasteiger partial charge is 0.480 e. The van der Waals surface area contributed by atoms with E-state index in [1.807, 2.05) is 13.8 Å². The maximum Gasteiger partial charge on any atom is 0.329 e. The number of aliphatic carboxylic acids is 1. The van der Waals surface area contributed by atoms with Crippen molar-refractivity contribution in [3.8, 4) is 0 Å². The van der Waals surface area contributed by atoms with E-state index in [1.54, 1.807) is 11.8 Å². The summed E-state index contributed by atoms with van der Waals surface area (Å²) in [5, 5.41) is 12.0. The van der Waals surface area contributed by atoms with E-state index in [2.05, 4.69) is 5.32 Å². The van der Waals surface area contributed by atoms with Gasteiger partial charge in [-0.05, 0) is 39.5 Å². The van der Waals surface area contributed by atoms with Crippen molar-refractivity contribution >= 4 is 12.0 Å². The Hall–Kier alpha value is -1.30. The lowest BCUT2D eigenvalue weighted by Crippen LogP contribution is -2.60. The normalized spacial score (nSPS) is 30.6. The van der Waals surface area contributed by atoms with Gasteiger partial charge in [-0.3, -0.25) is 0 Å². The van der Waals surface area contributed by atoms with Gasteiger partial charge in [0.1, 0.15) is 5.54 Å². The number of nitrogens with one attached hydrogen (secondary N) is 1. The average Bonchev–Trinajstić information content (AvgIpc) is 3.10. The Kier molecular flexibility index (Phi) is 3.71. The third-order valence-corrected chi connectivity index (χ3v) is 3.91. The lowest BCUT2D eigenvalue weighted by atomic mass is 9.96. The summed E-state index contributed by atoms with van der Waals surface area (Å²) in [6.45, 7) is 6.41. The van der Waals surface area contributed by atoms with Gasteiger partial charge in [-0.1, -0.05) is 0 Å². The zero-order valence-corrected chi connectivity index (χ0v) is 11.7. The molecule has 2 rings (SSSR count). The zero-order valence-electron chi connectivity index (χ0n) is 11.7. The molecule has 2 amide bonds. The van der Waals surface area contributed by atoms with Gasteiger partial charge in [-0.25, -0.2) is 9.59 Å². The van der Waals surface area contributed by atoms with E-state index in [1.165, 1.54) is 0 Å². The highest BCUT2D eigenvalue weighted by atomic mass is 16.5. The molecule has 6 heteroatoms. The number of nitrogens with zero attached hydrogens (tertiary/aromatic N) is 1. The van der Waals surface area contributed by atoms with E-state index < -0.39 is 11.5 Å². The molecule has 0 radical (unpaired) electrons. The number of morpholine rings is 1. The fraction of sp³-hybridized carbons (Fsp3) is 0.846. The summed E-state index contributed by atoms with van der Waals surface area (Å²) < 4.78 is 5.57. The van der Waals surface area contributed by atoms with Gasteiger partial charge in [0.2, 0.25) is 0 Å². The van der Waals surface area contributed by atoms with Gasteiger partial charge in [-0.2, -0.15) is 0 Å². The molecule has 2 aliphatic rings. The molecule has 1 saturated heterocycles. The topological polar surface area (TPSA) is 78.9 Å². The Labute approximate surface area is 113 Å². The maximum absolute atomic E-state index is 12.2. The monoisotopic (exact) mass is 270 g/mol. The van der Waals surface area contributed by atoms with Crippen molar-refractivity contribution in [3.63, 3.8) is 0 Å². The predicted octanol–water partition coefficient (Wildman–Crippen LogP) is 1.06. The van der Waals surface area contributed by atoms with Crippen LogP contribution in [0, 0.1) is 5.92 Å². The first-order chi connectivity index (χ1) is 8.83. The van der Waals surface area contributed by atoms with Gasteiger partial charge in [0.15, 0.2) is 0 Å². The fourth-order valence-electron chi connectivity index (χ4n) is 2.64. The van der Waals surface area contributed by atoms with Crippen molar-refractivity contribution in [3.05, 3.63) is 0 Å². The minimum absolute atomic E-state index is 0.0218. The number of carbonyl (C=O) groups is 2. The molecule has 0 aromatic heterocycles. The van der Waals surface area contributed by atoms with E-state index >= 15 is 0 Å². The number of hydrogen-bond donors (Lipinski definition) is 2. The molecule has 0 aromatic rings. The molecule has 2 fully saturated rings. The molecule has 1 heterocycles. The van der Waals surface area contributed by atoms with Crippen LogP contribution in [0.25, 0.3) is 0 Å². The standard InChI is InChI=1S/C13H22N2O4/c1-8-6-15(7-9(2)19-8)12(18)14-13(3,11(16)17)10-4-5-10/h8-10H,4-7H2,1-3H3,(H,14,18)(H,16,17)/t8-,9+,13?. The van der Waals surface area contributed by atoms with Gasteiger partial charge in [0, 0.05) is 13.1 Å². The van der Waals surface area contributed by atoms with Crippen molar-refractivity contribution in [1.29, 1.82) is 0 Å². The second-order valence-electron chi connectivity index (χ2n) is 5.87. The molecule has 1 unspecified atom stereocenters. The molecule has 3 atom stereocenters. The Morgan fingerprint density at radius 1 is 1.26 bits per heavy atom. The molecule has 1 saturated carbocycles. The van der Waals surface area contributed by atoms with Crippen LogP contribution in [0.2, 0.25) is 0 Å². The van der Waals surface area contributed by atoms with Gasteiger partial charge in [0.25, 0.3) is 0 Å². The Morgan fingerprint density at radius 3 is 2.21 bits per heavy atom. The molecule has 2 N–H and O–H groups in total. The minimum Gasteiger partial charge on any atom is -0.480 e. The summed E-state index contributed by atoms with van der Waals surface area (Å²) in [5.74, 6) is -0.914. The Morgan fingerprint density at radius 2 is 1.79 bits per heavy atom. The second-order valence-corrected chi connectivity index (χ2v) is 5.87. The molecule has 19 heavy (non-hydrogen) atoms. The minimum atomic E-state index is -1.15. The van der Waals surface area contributed by atoms with Crippen molar-refractivity contribution < 1.29 is 19.4 Å². The van der Waals surface area contributed by atoms with Gasteiger partial charge >= 0.3 is 12.0 Å². The SMILES string of the molecule is C[C@@H]1CN(C(=O)NC(C)(C(=O)O)C2CC2)C[C@H](C)O1. The summed E-state index contributed by atoms with van der Waals surface area (Å²) in [4.78, 5) is 25.3. The van der Waals surface area contributed by atoms with Crippen molar-refractivity contribution in [2.24, 2.45) is 5.92 Å². The number of hydrogen-bond acceptors (Lipinski definition) is 3. The molecule has 0 spiro atoms. The third-order valence-electron chi connectivity index (χ3n) is 3.91. The van der Waals surface area contributed by atoms with Crippen molar-refractivity contribution in [2.45, 2.75) is 51.4 Å². The second kappa shape index (κ2) is 5.00. The van der Waals surface area contributed by atoms with Crippen LogP contribution < -0.4 is 5.32 Å². The van der Waals surface area contributed by atoms with Crippen LogP contribution in [-0.2, 0) is 9.53 Å². The molecule has 0 aromatic carbocycles. The van der Waals surface area contributed by atoms with Crippen LogP contribution in [0.5, 0.6) is 0 Å². The number of rotatable bonds is 3. The molecule has 6 nitrogen and oxygen atoms in total. The van der Waals surface area contributed by atoms with Gasteiger partial charge < -0.3 is 20.1 Å². The average molecular weight is 270 g/mol. The summed E-state index contributed by atoms with van der Waals surface area (Å²) in [6.07, 6.45) is 1.68. The Bertz CT molecular complexity index is 373.